The Kier molecular flexibility index (Phi) is 5.31. The minimum absolute atomic E-state index is 0.0428. The van der Waals surface area contributed by atoms with Gasteiger partial charge in [-0.2, -0.15) is 0 Å². The van der Waals surface area contributed by atoms with Crippen LogP contribution in [0.5, 0.6) is 0 Å². The zero-order valence-electron chi connectivity index (χ0n) is 15.2. The normalized spacial score (nSPS) is 19.5. The predicted molar refractivity (Wildman–Crippen MR) is 96.3 cm³/mol. The molecule has 2 atom stereocenters. The molecular formula is C18H21N3O4S. The predicted octanol–water partition coefficient (Wildman–Crippen LogP) is 2.53. The molecule has 0 radical (unpaired) electrons. The Labute approximate surface area is 156 Å². The Morgan fingerprint density at radius 1 is 1.35 bits per heavy atom. The molecule has 26 heavy (non-hydrogen) atoms. The van der Waals surface area contributed by atoms with Crippen molar-refractivity contribution in [3.63, 3.8) is 0 Å². The van der Waals surface area contributed by atoms with Crippen LogP contribution in [0.25, 0.3) is 5.69 Å². The molecule has 0 amide bonds. The van der Waals surface area contributed by atoms with Crippen molar-refractivity contribution < 1.29 is 19.1 Å². The third-order valence-corrected chi connectivity index (χ3v) is 5.02. The molecule has 1 aromatic carbocycles. The van der Waals surface area contributed by atoms with Gasteiger partial charge in [-0.1, -0.05) is 23.9 Å². The molecule has 7 nitrogen and oxygen atoms in total. The Morgan fingerprint density at radius 3 is 2.81 bits per heavy atom. The van der Waals surface area contributed by atoms with Crippen LogP contribution in [0.4, 0.5) is 0 Å². The topological polar surface area (TPSA) is 83.3 Å². The summed E-state index contributed by atoms with van der Waals surface area (Å²) in [7, 11) is 0. The quantitative estimate of drug-likeness (QED) is 0.586. The van der Waals surface area contributed by atoms with Gasteiger partial charge in [0.05, 0.1) is 11.4 Å². The van der Waals surface area contributed by atoms with Crippen LogP contribution in [0.1, 0.15) is 30.3 Å². The minimum Gasteiger partial charge on any atom is -0.460 e. The first kappa shape index (κ1) is 18.4. The van der Waals surface area contributed by atoms with E-state index in [9.17, 15) is 9.59 Å². The van der Waals surface area contributed by atoms with Gasteiger partial charge < -0.3 is 9.47 Å². The minimum atomic E-state index is -0.809. The lowest BCUT2D eigenvalue weighted by Crippen LogP contribution is -2.23. The second-order valence-electron chi connectivity index (χ2n) is 6.41. The lowest BCUT2D eigenvalue weighted by Gasteiger charge is -2.12. The number of thioether (sulfide) groups is 1. The number of nitrogens with zero attached hydrogens (tertiary/aromatic N) is 3. The highest BCUT2D eigenvalue weighted by molar-refractivity contribution is 7.99. The number of aryl methyl sites for hydroxylation is 3. The highest BCUT2D eigenvalue weighted by atomic mass is 32.2. The molecule has 1 fully saturated rings. The van der Waals surface area contributed by atoms with Crippen molar-refractivity contribution in [3.8, 4) is 5.69 Å². The van der Waals surface area contributed by atoms with E-state index in [1.165, 1.54) is 11.8 Å². The van der Waals surface area contributed by atoms with Crippen molar-refractivity contribution in [2.24, 2.45) is 0 Å². The number of ether oxygens (including phenoxy) is 2. The van der Waals surface area contributed by atoms with Gasteiger partial charge in [-0.05, 0) is 44.9 Å². The third-order valence-electron chi connectivity index (χ3n) is 4.12. The Hall–Kier alpha value is -2.35. The number of aromatic nitrogens is 3. The van der Waals surface area contributed by atoms with E-state index < -0.39 is 18.0 Å². The highest BCUT2D eigenvalue weighted by Crippen LogP contribution is 2.25. The average Bonchev–Trinajstić information content (AvgIpc) is 3.09. The van der Waals surface area contributed by atoms with Crippen LogP contribution in [0.3, 0.4) is 0 Å². The summed E-state index contributed by atoms with van der Waals surface area (Å²) in [5.41, 5.74) is 3.20. The first-order chi connectivity index (χ1) is 12.3. The van der Waals surface area contributed by atoms with Gasteiger partial charge >= 0.3 is 11.9 Å². The van der Waals surface area contributed by atoms with E-state index in [1.807, 2.05) is 37.5 Å². The molecular weight excluding hydrogens is 354 g/mol. The fraction of sp³-hybridized carbons (Fsp3) is 0.444. The van der Waals surface area contributed by atoms with Crippen molar-refractivity contribution in [2.75, 3.05) is 5.75 Å². The number of benzene rings is 1. The molecule has 0 unspecified atom stereocenters. The Morgan fingerprint density at radius 2 is 2.12 bits per heavy atom. The zero-order valence-corrected chi connectivity index (χ0v) is 16.0. The summed E-state index contributed by atoms with van der Waals surface area (Å²) in [4.78, 5) is 23.7. The number of hydrogen-bond acceptors (Lipinski definition) is 7. The molecule has 1 aromatic heterocycles. The van der Waals surface area contributed by atoms with Crippen LogP contribution in [0.15, 0.2) is 23.4 Å². The van der Waals surface area contributed by atoms with Crippen molar-refractivity contribution in [2.45, 2.75) is 51.5 Å². The third kappa shape index (κ3) is 3.90. The summed E-state index contributed by atoms with van der Waals surface area (Å²) in [6.45, 7) is 7.68. The van der Waals surface area contributed by atoms with Crippen molar-refractivity contribution in [3.05, 3.63) is 35.2 Å². The van der Waals surface area contributed by atoms with Crippen molar-refractivity contribution in [1.82, 2.24) is 14.8 Å². The maximum atomic E-state index is 12.1. The first-order valence-electron chi connectivity index (χ1n) is 8.37. The second kappa shape index (κ2) is 7.49. The van der Waals surface area contributed by atoms with Gasteiger partial charge in [0.15, 0.2) is 5.16 Å². The lowest BCUT2D eigenvalue weighted by atomic mass is 10.1. The van der Waals surface area contributed by atoms with Crippen LogP contribution >= 0.6 is 11.8 Å². The van der Waals surface area contributed by atoms with E-state index in [1.54, 1.807) is 6.92 Å². The maximum absolute atomic E-state index is 12.1. The zero-order chi connectivity index (χ0) is 18.8. The van der Waals surface area contributed by atoms with E-state index in [0.29, 0.717) is 11.6 Å². The number of rotatable bonds is 5. The van der Waals surface area contributed by atoms with Gasteiger partial charge in [0.1, 0.15) is 11.9 Å². The molecule has 2 aromatic rings. The Bertz CT molecular complexity index is 849. The molecule has 0 bridgehead atoms. The molecule has 1 aliphatic rings. The summed E-state index contributed by atoms with van der Waals surface area (Å²) in [5.74, 6) is -0.173. The smallest absolute Gasteiger partial charge is 0.347 e. The summed E-state index contributed by atoms with van der Waals surface area (Å²) >= 11 is 1.23. The summed E-state index contributed by atoms with van der Waals surface area (Å²) in [5, 5.41) is 8.91. The van der Waals surface area contributed by atoms with E-state index in [0.717, 1.165) is 22.6 Å². The fourth-order valence-electron chi connectivity index (χ4n) is 2.81. The van der Waals surface area contributed by atoms with E-state index in [-0.39, 0.29) is 11.9 Å². The van der Waals surface area contributed by atoms with Crippen molar-refractivity contribution in [1.29, 1.82) is 0 Å². The van der Waals surface area contributed by atoms with Crippen LogP contribution in [-0.4, -0.2) is 44.7 Å². The van der Waals surface area contributed by atoms with Crippen LogP contribution in [0.2, 0.25) is 0 Å². The number of carbonyl (C=O) groups excluding carboxylic acids is 2. The number of carbonyl (C=O) groups is 2. The molecule has 0 saturated carbocycles. The molecule has 1 aliphatic heterocycles. The highest BCUT2D eigenvalue weighted by Gasteiger charge is 2.35. The molecule has 0 spiro atoms. The molecule has 0 N–H and O–H groups in total. The van der Waals surface area contributed by atoms with Gasteiger partial charge in [0, 0.05) is 6.42 Å². The lowest BCUT2D eigenvalue weighted by molar-refractivity contribution is -0.159. The van der Waals surface area contributed by atoms with Gasteiger partial charge in [-0.25, -0.2) is 4.79 Å². The van der Waals surface area contributed by atoms with Crippen molar-refractivity contribution >= 4 is 23.7 Å². The number of cyclic esters (lactones) is 1. The monoisotopic (exact) mass is 375 g/mol. The fourth-order valence-corrected chi connectivity index (χ4v) is 3.58. The average molecular weight is 375 g/mol. The van der Waals surface area contributed by atoms with E-state index in [4.69, 9.17) is 9.47 Å². The van der Waals surface area contributed by atoms with Crippen LogP contribution in [-0.2, 0) is 19.1 Å². The number of esters is 2. The molecule has 2 heterocycles. The summed E-state index contributed by atoms with van der Waals surface area (Å²) < 4.78 is 12.1. The van der Waals surface area contributed by atoms with E-state index in [2.05, 4.69) is 16.3 Å². The van der Waals surface area contributed by atoms with Gasteiger partial charge in [0.25, 0.3) is 0 Å². The second-order valence-corrected chi connectivity index (χ2v) is 7.35. The largest absolute Gasteiger partial charge is 0.460 e. The van der Waals surface area contributed by atoms with E-state index >= 15 is 0 Å². The number of hydrogen-bond donors (Lipinski definition) is 0. The first-order valence-corrected chi connectivity index (χ1v) is 9.36. The van der Waals surface area contributed by atoms with Gasteiger partial charge in [-0.15, -0.1) is 10.2 Å². The standard InChI is InChI=1S/C18H21N3O4S/c1-10-5-6-11(2)14(7-10)21-13(4)19-20-18(21)26-9-16(22)25-15-8-12(3)24-17(15)23/h5-7,12,15H,8-9H2,1-4H3/t12-,15+/m1/s1. The SMILES string of the molecule is Cc1ccc(C)c(-n2c(C)nnc2SCC(=O)O[C@H]2C[C@@H](C)OC2=O)c1. The maximum Gasteiger partial charge on any atom is 0.347 e. The molecule has 0 aliphatic carbocycles. The van der Waals surface area contributed by atoms with Gasteiger partial charge in [0.2, 0.25) is 6.10 Å². The van der Waals surface area contributed by atoms with Crippen LogP contribution < -0.4 is 0 Å². The Balaban J connectivity index is 1.70. The molecule has 138 valence electrons. The molecule has 1 saturated heterocycles. The molecule has 8 heteroatoms. The summed E-state index contributed by atoms with van der Waals surface area (Å²) in [6.07, 6.45) is -0.632. The molecule has 3 rings (SSSR count). The summed E-state index contributed by atoms with van der Waals surface area (Å²) in [6, 6.07) is 6.15. The van der Waals surface area contributed by atoms with Crippen LogP contribution in [0, 0.1) is 20.8 Å². The van der Waals surface area contributed by atoms with Gasteiger partial charge in [-0.3, -0.25) is 9.36 Å².